The topological polar surface area (TPSA) is 44.5 Å². The van der Waals surface area contributed by atoms with Gasteiger partial charge < -0.3 is 15.2 Å². The molecule has 0 spiro atoms. The fourth-order valence-corrected chi connectivity index (χ4v) is 2.30. The second-order valence-electron chi connectivity index (χ2n) is 4.33. The van der Waals surface area contributed by atoms with E-state index in [9.17, 15) is 0 Å². The van der Waals surface area contributed by atoms with Gasteiger partial charge in [0.1, 0.15) is 11.5 Å². The number of para-hydroxylation sites is 1. The van der Waals surface area contributed by atoms with Crippen molar-refractivity contribution in [3.05, 3.63) is 58.6 Å². The van der Waals surface area contributed by atoms with Gasteiger partial charge in [0, 0.05) is 16.1 Å². The lowest BCUT2D eigenvalue weighted by Gasteiger charge is -2.19. The van der Waals surface area contributed by atoms with Crippen LogP contribution in [-0.4, -0.2) is 13.7 Å². The van der Waals surface area contributed by atoms with Crippen molar-refractivity contribution < 1.29 is 9.47 Å². The maximum absolute atomic E-state index is 6.37. The van der Waals surface area contributed by atoms with Crippen molar-refractivity contribution in [1.82, 2.24) is 0 Å². The van der Waals surface area contributed by atoms with Gasteiger partial charge in [0.2, 0.25) is 0 Å². The van der Waals surface area contributed by atoms with E-state index in [0.29, 0.717) is 17.4 Å². The van der Waals surface area contributed by atoms with Crippen molar-refractivity contribution in [2.24, 2.45) is 5.73 Å². The molecule has 2 N–H and O–H groups in total. The van der Waals surface area contributed by atoms with Gasteiger partial charge in [-0.15, -0.1) is 0 Å². The summed E-state index contributed by atoms with van der Waals surface area (Å²) in [6.45, 7) is 2.55. The predicted octanol–water partition coefficient (Wildman–Crippen LogP) is 3.80. The molecule has 0 fully saturated rings. The number of hydrogen-bond donors (Lipinski definition) is 1. The molecule has 0 saturated heterocycles. The predicted molar refractivity (Wildman–Crippen MR) is 81.6 cm³/mol. The fourth-order valence-electron chi connectivity index (χ4n) is 2.13. The van der Waals surface area contributed by atoms with Crippen molar-refractivity contribution >= 4 is 11.6 Å². The summed E-state index contributed by atoms with van der Waals surface area (Å²) in [6.07, 6.45) is 0. The SMILES string of the molecule is CCOc1ccccc1C(N)c1ccc(Cl)cc1OC. The molecule has 4 heteroatoms. The average Bonchev–Trinajstić information content (AvgIpc) is 2.47. The quantitative estimate of drug-likeness (QED) is 0.911. The lowest BCUT2D eigenvalue weighted by Crippen LogP contribution is -2.14. The number of rotatable bonds is 5. The summed E-state index contributed by atoms with van der Waals surface area (Å²) in [5.41, 5.74) is 8.18. The molecule has 0 heterocycles. The highest BCUT2D eigenvalue weighted by Crippen LogP contribution is 2.34. The van der Waals surface area contributed by atoms with Gasteiger partial charge in [0.05, 0.1) is 19.8 Å². The number of ether oxygens (including phenoxy) is 2. The van der Waals surface area contributed by atoms with Crippen molar-refractivity contribution in [3.63, 3.8) is 0 Å². The number of halogens is 1. The maximum atomic E-state index is 6.37. The molecule has 0 radical (unpaired) electrons. The van der Waals surface area contributed by atoms with Gasteiger partial charge in [-0.1, -0.05) is 35.9 Å². The Hall–Kier alpha value is -1.71. The first-order valence-corrected chi connectivity index (χ1v) is 6.86. The summed E-state index contributed by atoms with van der Waals surface area (Å²) in [5.74, 6) is 1.47. The van der Waals surface area contributed by atoms with Crippen LogP contribution in [-0.2, 0) is 0 Å². The zero-order chi connectivity index (χ0) is 14.5. The molecule has 20 heavy (non-hydrogen) atoms. The molecular formula is C16H18ClNO2. The van der Waals surface area contributed by atoms with E-state index in [0.717, 1.165) is 16.9 Å². The lowest BCUT2D eigenvalue weighted by molar-refractivity contribution is 0.335. The van der Waals surface area contributed by atoms with Crippen LogP contribution in [0.2, 0.25) is 5.02 Å². The van der Waals surface area contributed by atoms with Gasteiger partial charge in [-0.05, 0) is 25.1 Å². The number of methoxy groups -OCH3 is 1. The van der Waals surface area contributed by atoms with Crippen molar-refractivity contribution in [2.45, 2.75) is 13.0 Å². The van der Waals surface area contributed by atoms with Crippen LogP contribution in [0, 0.1) is 0 Å². The van der Waals surface area contributed by atoms with E-state index in [1.54, 1.807) is 13.2 Å². The second-order valence-corrected chi connectivity index (χ2v) is 4.77. The molecule has 0 aliphatic rings. The third kappa shape index (κ3) is 3.06. The van der Waals surface area contributed by atoms with E-state index in [4.69, 9.17) is 26.8 Å². The molecule has 3 nitrogen and oxygen atoms in total. The Labute approximate surface area is 124 Å². The number of benzene rings is 2. The standard InChI is InChI=1S/C16H18ClNO2/c1-3-20-14-7-5-4-6-12(14)16(18)13-9-8-11(17)10-15(13)19-2/h4-10,16H,3,18H2,1-2H3. The first kappa shape index (κ1) is 14.7. The lowest BCUT2D eigenvalue weighted by atomic mass is 9.98. The monoisotopic (exact) mass is 291 g/mol. The first-order valence-electron chi connectivity index (χ1n) is 6.48. The third-order valence-electron chi connectivity index (χ3n) is 3.08. The molecule has 1 unspecified atom stereocenters. The van der Waals surface area contributed by atoms with Crippen molar-refractivity contribution in [2.75, 3.05) is 13.7 Å². The van der Waals surface area contributed by atoms with Gasteiger partial charge in [-0.3, -0.25) is 0 Å². The molecule has 0 bridgehead atoms. The van der Waals surface area contributed by atoms with Crippen LogP contribution in [0.3, 0.4) is 0 Å². The van der Waals surface area contributed by atoms with Crippen LogP contribution in [0.15, 0.2) is 42.5 Å². The Kier molecular flexibility index (Phi) is 4.88. The minimum atomic E-state index is -0.329. The minimum absolute atomic E-state index is 0.329. The maximum Gasteiger partial charge on any atom is 0.125 e. The summed E-state index contributed by atoms with van der Waals surface area (Å²) in [5, 5.41) is 0.621. The van der Waals surface area contributed by atoms with E-state index in [1.165, 1.54) is 0 Å². The number of nitrogens with two attached hydrogens (primary N) is 1. The first-order chi connectivity index (χ1) is 9.67. The van der Waals surface area contributed by atoms with Gasteiger partial charge in [-0.25, -0.2) is 0 Å². The summed E-state index contributed by atoms with van der Waals surface area (Å²) < 4.78 is 11.0. The Morgan fingerprint density at radius 2 is 1.80 bits per heavy atom. The Morgan fingerprint density at radius 1 is 1.10 bits per heavy atom. The van der Waals surface area contributed by atoms with E-state index in [-0.39, 0.29) is 6.04 Å². The van der Waals surface area contributed by atoms with Crippen LogP contribution in [0.5, 0.6) is 11.5 Å². The van der Waals surface area contributed by atoms with Gasteiger partial charge in [0.25, 0.3) is 0 Å². The zero-order valence-electron chi connectivity index (χ0n) is 11.6. The van der Waals surface area contributed by atoms with Crippen molar-refractivity contribution in [1.29, 1.82) is 0 Å². The Morgan fingerprint density at radius 3 is 2.50 bits per heavy atom. The van der Waals surface area contributed by atoms with Crippen LogP contribution >= 0.6 is 11.6 Å². The average molecular weight is 292 g/mol. The molecule has 106 valence electrons. The molecule has 1 atom stereocenters. The van der Waals surface area contributed by atoms with Crippen LogP contribution in [0.25, 0.3) is 0 Å². The highest BCUT2D eigenvalue weighted by molar-refractivity contribution is 6.30. The fraction of sp³-hybridized carbons (Fsp3) is 0.250. The van der Waals surface area contributed by atoms with Crippen LogP contribution in [0.1, 0.15) is 24.1 Å². The molecule has 2 rings (SSSR count). The van der Waals surface area contributed by atoms with Crippen LogP contribution in [0.4, 0.5) is 0 Å². The summed E-state index contributed by atoms with van der Waals surface area (Å²) in [7, 11) is 1.61. The molecule has 0 aliphatic heterocycles. The number of hydrogen-bond acceptors (Lipinski definition) is 3. The van der Waals surface area contributed by atoms with E-state index < -0.39 is 0 Å². The highest BCUT2D eigenvalue weighted by atomic mass is 35.5. The van der Waals surface area contributed by atoms with Crippen LogP contribution < -0.4 is 15.2 Å². The van der Waals surface area contributed by atoms with E-state index in [1.807, 2.05) is 43.3 Å². The molecular weight excluding hydrogens is 274 g/mol. The van der Waals surface area contributed by atoms with Crippen molar-refractivity contribution in [3.8, 4) is 11.5 Å². The molecule has 0 saturated carbocycles. The molecule has 2 aromatic rings. The summed E-state index contributed by atoms with van der Waals surface area (Å²) >= 11 is 5.98. The molecule has 2 aromatic carbocycles. The molecule has 0 aliphatic carbocycles. The summed E-state index contributed by atoms with van der Waals surface area (Å²) in [6, 6.07) is 12.9. The highest BCUT2D eigenvalue weighted by Gasteiger charge is 2.17. The zero-order valence-corrected chi connectivity index (χ0v) is 12.4. The molecule has 0 amide bonds. The summed E-state index contributed by atoms with van der Waals surface area (Å²) in [4.78, 5) is 0. The van der Waals surface area contributed by atoms with Gasteiger partial charge >= 0.3 is 0 Å². The smallest absolute Gasteiger partial charge is 0.125 e. The van der Waals surface area contributed by atoms with E-state index in [2.05, 4.69) is 0 Å². The minimum Gasteiger partial charge on any atom is -0.496 e. The second kappa shape index (κ2) is 6.64. The van der Waals surface area contributed by atoms with E-state index >= 15 is 0 Å². The van der Waals surface area contributed by atoms with Gasteiger partial charge in [-0.2, -0.15) is 0 Å². The normalized spacial score (nSPS) is 12.0. The molecule has 0 aromatic heterocycles. The Balaban J connectivity index is 2.43. The largest absolute Gasteiger partial charge is 0.496 e. The van der Waals surface area contributed by atoms with Gasteiger partial charge in [0.15, 0.2) is 0 Å². The Bertz CT molecular complexity index is 586. The third-order valence-corrected chi connectivity index (χ3v) is 3.32.